The van der Waals surface area contributed by atoms with Crippen LogP contribution in [0.5, 0.6) is 0 Å². The van der Waals surface area contributed by atoms with E-state index in [-0.39, 0.29) is 25.2 Å². The molecule has 0 saturated heterocycles. The van der Waals surface area contributed by atoms with Crippen LogP contribution in [0.15, 0.2) is 85.1 Å². The summed E-state index contributed by atoms with van der Waals surface area (Å²) in [5, 5.41) is 9.67. The van der Waals surface area contributed by atoms with Crippen LogP contribution >= 0.6 is 0 Å². The summed E-state index contributed by atoms with van der Waals surface area (Å²) in [7, 11) is 0. The topological polar surface area (TPSA) is 72.8 Å². The van der Waals surface area contributed by atoms with Gasteiger partial charge >= 0.3 is 11.9 Å². The van der Waals surface area contributed by atoms with Crippen molar-refractivity contribution in [3.63, 3.8) is 0 Å². The second-order valence-electron chi connectivity index (χ2n) is 20.0. The van der Waals surface area contributed by atoms with Gasteiger partial charge in [-0.15, -0.1) is 0 Å². The van der Waals surface area contributed by atoms with E-state index < -0.39 is 6.10 Å². The van der Waals surface area contributed by atoms with Crippen LogP contribution in [0.1, 0.15) is 296 Å². The third-order valence-corrected chi connectivity index (χ3v) is 13.2. The average Bonchev–Trinajstić information content (AvgIpc) is 3.36. The van der Waals surface area contributed by atoms with E-state index in [0.29, 0.717) is 12.8 Å². The molecule has 0 radical (unpaired) electrons. The lowest BCUT2D eigenvalue weighted by atomic mass is 10.0. The molecule has 0 saturated carbocycles. The molecule has 1 N–H and O–H groups in total. The molecule has 0 aromatic carbocycles. The highest BCUT2D eigenvalue weighted by Gasteiger charge is 2.16. The number of unbranched alkanes of at least 4 members (excludes halogenated alkanes) is 33. The van der Waals surface area contributed by atoms with Crippen LogP contribution in [0.2, 0.25) is 0 Å². The predicted octanol–water partition coefficient (Wildman–Crippen LogP) is 20.5. The average molecular weight is 976 g/mol. The molecule has 0 aromatic rings. The molecule has 1 atom stereocenters. The van der Waals surface area contributed by atoms with Gasteiger partial charge < -0.3 is 14.6 Å². The summed E-state index contributed by atoms with van der Waals surface area (Å²) in [6.45, 7) is 4.04. The second kappa shape index (κ2) is 60.4. The summed E-state index contributed by atoms with van der Waals surface area (Å²) in [5.74, 6) is -0.584. The zero-order valence-corrected chi connectivity index (χ0v) is 46.3. The van der Waals surface area contributed by atoms with E-state index in [1.807, 2.05) is 0 Å². The third kappa shape index (κ3) is 57.7. The smallest absolute Gasteiger partial charge is 0.306 e. The Morgan fingerprint density at radius 1 is 0.343 bits per heavy atom. The standard InChI is InChI=1S/C65H114O5/c1-3-5-7-9-11-13-15-17-19-21-23-25-27-29-31-32-34-35-37-39-41-43-45-47-49-51-53-55-57-59-64(67)69-62-63(61-66)70-65(68)60-58-56-54-52-50-48-46-44-42-40-38-36-33-30-28-26-24-22-20-18-16-14-12-10-8-6-4-2/h6,8,12,14-15,17-18,20-21,23-24,26-27,29,63,66H,3-5,7,9-11,13,16,19,22,25,28,30-62H2,1-2H3/b8-6-,14-12-,17-15-,20-18-,23-21-,26-24-,29-27-. The molecular weight excluding hydrogens is 861 g/mol. The van der Waals surface area contributed by atoms with Crippen molar-refractivity contribution < 1.29 is 24.2 Å². The summed E-state index contributed by atoms with van der Waals surface area (Å²) >= 11 is 0. The Hall–Kier alpha value is -2.92. The molecule has 5 nitrogen and oxygen atoms in total. The normalized spacial score (nSPS) is 12.8. The molecule has 0 amide bonds. The number of carbonyl (C=O) groups is 2. The maximum absolute atomic E-state index is 12.3. The van der Waals surface area contributed by atoms with Gasteiger partial charge in [0.25, 0.3) is 0 Å². The van der Waals surface area contributed by atoms with Crippen LogP contribution in [0.25, 0.3) is 0 Å². The lowest BCUT2D eigenvalue weighted by molar-refractivity contribution is -0.161. The maximum Gasteiger partial charge on any atom is 0.306 e. The van der Waals surface area contributed by atoms with Gasteiger partial charge in [0, 0.05) is 12.8 Å². The fourth-order valence-electron chi connectivity index (χ4n) is 8.67. The van der Waals surface area contributed by atoms with E-state index in [1.54, 1.807) is 0 Å². The van der Waals surface area contributed by atoms with Gasteiger partial charge in [0.15, 0.2) is 6.10 Å². The lowest BCUT2D eigenvalue weighted by Crippen LogP contribution is -2.28. The molecule has 0 aliphatic carbocycles. The van der Waals surface area contributed by atoms with Gasteiger partial charge in [0.05, 0.1) is 6.61 Å². The number of ether oxygens (including phenoxy) is 2. The molecule has 0 bridgehead atoms. The fourth-order valence-corrected chi connectivity index (χ4v) is 8.67. The second-order valence-corrected chi connectivity index (χ2v) is 20.0. The minimum absolute atomic E-state index is 0.0672. The number of rotatable bonds is 55. The van der Waals surface area contributed by atoms with Crippen LogP contribution in [0.3, 0.4) is 0 Å². The molecule has 0 fully saturated rings. The van der Waals surface area contributed by atoms with E-state index in [0.717, 1.165) is 77.0 Å². The van der Waals surface area contributed by atoms with Crippen molar-refractivity contribution in [3.05, 3.63) is 85.1 Å². The van der Waals surface area contributed by atoms with E-state index in [2.05, 4.69) is 98.9 Å². The van der Waals surface area contributed by atoms with E-state index in [1.165, 1.54) is 193 Å². The summed E-state index contributed by atoms with van der Waals surface area (Å²) < 4.78 is 10.7. The molecule has 5 heteroatoms. The number of aliphatic hydroxyl groups is 1. The Kier molecular flexibility index (Phi) is 57.9. The summed E-state index contributed by atoms with van der Waals surface area (Å²) in [6, 6.07) is 0. The Labute approximate surface area is 435 Å². The molecule has 0 aliphatic rings. The third-order valence-electron chi connectivity index (χ3n) is 13.2. The maximum atomic E-state index is 12.3. The highest BCUT2D eigenvalue weighted by atomic mass is 16.6. The molecule has 0 aliphatic heterocycles. The van der Waals surface area contributed by atoms with E-state index >= 15 is 0 Å². The van der Waals surface area contributed by atoms with Crippen molar-refractivity contribution in [1.29, 1.82) is 0 Å². The van der Waals surface area contributed by atoms with E-state index in [4.69, 9.17) is 9.47 Å². The van der Waals surface area contributed by atoms with Crippen LogP contribution in [-0.2, 0) is 19.1 Å². The molecule has 0 spiro atoms. The molecule has 0 rings (SSSR count). The number of hydrogen-bond acceptors (Lipinski definition) is 5. The summed E-state index contributed by atoms with van der Waals surface area (Å²) in [6.07, 6.45) is 84.2. The van der Waals surface area contributed by atoms with Crippen LogP contribution in [-0.4, -0.2) is 36.4 Å². The molecule has 404 valence electrons. The zero-order valence-electron chi connectivity index (χ0n) is 46.3. The van der Waals surface area contributed by atoms with Crippen molar-refractivity contribution in [3.8, 4) is 0 Å². The van der Waals surface area contributed by atoms with Crippen LogP contribution < -0.4 is 0 Å². The van der Waals surface area contributed by atoms with Gasteiger partial charge in [0.1, 0.15) is 6.61 Å². The number of hydrogen-bond donors (Lipinski definition) is 1. The number of allylic oxidation sites excluding steroid dienone is 14. The van der Waals surface area contributed by atoms with Gasteiger partial charge in [-0.05, 0) is 89.9 Å². The Balaban J connectivity index is 3.47. The first-order chi connectivity index (χ1) is 34.6. The number of aliphatic hydroxyl groups excluding tert-OH is 1. The van der Waals surface area contributed by atoms with Gasteiger partial charge in [-0.2, -0.15) is 0 Å². The van der Waals surface area contributed by atoms with Crippen molar-refractivity contribution in [2.75, 3.05) is 13.2 Å². The van der Waals surface area contributed by atoms with E-state index in [9.17, 15) is 14.7 Å². The molecule has 1 unspecified atom stereocenters. The molecular formula is C65H114O5. The molecule has 70 heavy (non-hydrogen) atoms. The van der Waals surface area contributed by atoms with Gasteiger partial charge in [-0.25, -0.2) is 0 Å². The van der Waals surface area contributed by atoms with Crippen molar-refractivity contribution >= 4 is 11.9 Å². The highest BCUT2D eigenvalue weighted by molar-refractivity contribution is 5.70. The summed E-state index contributed by atoms with van der Waals surface area (Å²) in [5.41, 5.74) is 0. The van der Waals surface area contributed by atoms with Gasteiger partial charge in [-0.3, -0.25) is 9.59 Å². The Morgan fingerprint density at radius 2 is 0.614 bits per heavy atom. The summed E-state index contributed by atoms with van der Waals surface area (Å²) in [4.78, 5) is 24.6. The first-order valence-corrected chi connectivity index (χ1v) is 30.1. The first-order valence-electron chi connectivity index (χ1n) is 30.1. The monoisotopic (exact) mass is 975 g/mol. The molecule has 0 aromatic heterocycles. The minimum atomic E-state index is -0.777. The Morgan fingerprint density at radius 3 is 0.929 bits per heavy atom. The lowest BCUT2D eigenvalue weighted by Gasteiger charge is -2.15. The van der Waals surface area contributed by atoms with Crippen LogP contribution in [0, 0.1) is 0 Å². The quantitative estimate of drug-likeness (QED) is 0.0373. The molecule has 0 heterocycles. The van der Waals surface area contributed by atoms with Crippen molar-refractivity contribution in [2.45, 2.75) is 302 Å². The zero-order chi connectivity index (χ0) is 50.6. The number of carbonyl (C=O) groups excluding carboxylic acids is 2. The largest absolute Gasteiger partial charge is 0.462 e. The predicted molar refractivity (Wildman–Crippen MR) is 306 cm³/mol. The van der Waals surface area contributed by atoms with Crippen molar-refractivity contribution in [2.24, 2.45) is 0 Å². The number of esters is 2. The first kappa shape index (κ1) is 67.1. The van der Waals surface area contributed by atoms with Crippen molar-refractivity contribution in [1.82, 2.24) is 0 Å². The minimum Gasteiger partial charge on any atom is -0.462 e. The Bertz CT molecular complexity index is 1290. The SMILES string of the molecule is CC/C=C\C/C=C\C/C=C\C/C=C\CCCCCCCCCCCCCCCCC(=O)OC(CO)COC(=O)CCCCCCCCCCCCCCCC/C=C\C/C=C\C/C=C\CCCCCCC. The van der Waals surface area contributed by atoms with Gasteiger partial charge in [-0.1, -0.05) is 279 Å². The fraction of sp³-hybridized carbons (Fsp3) is 0.754. The highest BCUT2D eigenvalue weighted by Crippen LogP contribution is 2.17. The van der Waals surface area contributed by atoms with Crippen LogP contribution in [0.4, 0.5) is 0 Å². The van der Waals surface area contributed by atoms with Gasteiger partial charge in [0.2, 0.25) is 0 Å².